The number of carboxylic acid groups (broad SMARTS) is 1. The van der Waals surface area contributed by atoms with Crippen molar-refractivity contribution in [1.29, 1.82) is 0 Å². The second-order valence-electron chi connectivity index (χ2n) is 13.3. The molecule has 0 bridgehead atoms. The van der Waals surface area contributed by atoms with Crippen LogP contribution in [0, 0.1) is 23.6 Å². The molecule has 1 atom stereocenters. The molecule has 1 heterocycles. The first-order chi connectivity index (χ1) is 21.5. The van der Waals surface area contributed by atoms with Crippen molar-refractivity contribution in [3.05, 3.63) is 53.3 Å². The van der Waals surface area contributed by atoms with Gasteiger partial charge in [0, 0.05) is 18.2 Å². The average molecular weight is 652 g/mol. The molecular formula is C33H41F4N3O6. The van der Waals surface area contributed by atoms with Crippen molar-refractivity contribution in [2.24, 2.45) is 17.8 Å². The first-order valence-corrected chi connectivity index (χ1v) is 15.3. The van der Waals surface area contributed by atoms with Crippen LogP contribution >= 0.6 is 0 Å². The number of halogens is 4. The first-order valence-electron chi connectivity index (χ1n) is 15.3. The second-order valence-corrected chi connectivity index (χ2v) is 13.3. The van der Waals surface area contributed by atoms with Gasteiger partial charge in [-0.15, -0.1) is 0 Å². The van der Waals surface area contributed by atoms with Crippen molar-refractivity contribution < 1.29 is 46.5 Å². The van der Waals surface area contributed by atoms with Gasteiger partial charge in [-0.3, -0.25) is 19.4 Å². The fourth-order valence-electron chi connectivity index (χ4n) is 5.96. The van der Waals surface area contributed by atoms with Crippen LogP contribution in [0.25, 0.3) is 0 Å². The molecule has 4 rings (SSSR count). The van der Waals surface area contributed by atoms with E-state index in [2.05, 4.69) is 19.2 Å². The molecule has 1 aliphatic heterocycles. The van der Waals surface area contributed by atoms with Crippen LogP contribution in [0.2, 0.25) is 0 Å². The molecule has 0 spiro atoms. The normalized spacial score (nSPS) is 19.4. The van der Waals surface area contributed by atoms with E-state index in [1.807, 2.05) is 0 Å². The molecule has 46 heavy (non-hydrogen) atoms. The van der Waals surface area contributed by atoms with Gasteiger partial charge in [0.1, 0.15) is 30.2 Å². The number of nitrogens with zero attached hydrogens (tertiary/aromatic N) is 2. The van der Waals surface area contributed by atoms with E-state index in [0.29, 0.717) is 29.9 Å². The number of fused-ring (bicyclic) bond motifs is 1. The molecule has 1 saturated carbocycles. The zero-order chi connectivity index (χ0) is 34.0. The number of amides is 2. The van der Waals surface area contributed by atoms with E-state index in [9.17, 15) is 32.7 Å². The van der Waals surface area contributed by atoms with Gasteiger partial charge in [-0.25, -0.2) is 9.18 Å². The van der Waals surface area contributed by atoms with Crippen molar-refractivity contribution >= 4 is 29.3 Å². The molecule has 2 N–H and O–H groups in total. The minimum atomic E-state index is -5.49. The highest BCUT2D eigenvalue weighted by Gasteiger charge is 2.47. The Bertz CT molecular complexity index is 1420. The Morgan fingerprint density at radius 1 is 1.09 bits per heavy atom. The third-order valence-corrected chi connectivity index (χ3v) is 8.28. The third-order valence-electron chi connectivity index (χ3n) is 8.28. The zero-order valence-electron chi connectivity index (χ0n) is 26.6. The molecule has 2 aliphatic rings. The van der Waals surface area contributed by atoms with Gasteiger partial charge < -0.3 is 19.9 Å². The van der Waals surface area contributed by atoms with E-state index < -0.39 is 59.6 Å². The van der Waals surface area contributed by atoms with Crippen molar-refractivity contribution in [1.82, 2.24) is 5.32 Å². The van der Waals surface area contributed by atoms with Gasteiger partial charge in [0.2, 0.25) is 0 Å². The molecule has 1 aliphatic carbocycles. The van der Waals surface area contributed by atoms with Gasteiger partial charge in [-0.05, 0) is 69.9 Å². The molecule has 0 radical (unpaired) electrons. The minimum Gasteiger partial charge on any atom is -0.487 e. The third kappa shape index (κ3) is 8.28. The second kappa shape index (κ2) is 13.9. The molecule has 13 heteroatoms. The summed E-state index contributed by atoms with van der Waals surface area (Å²) in [5.41, 5.74) is -1.77. The van der Waals surface area contributed by atoms with Crippen LogP contribution in [-0.4, -0.2) is 60.5 Å². The lowest BCUT2D eigenvalue weighted by atomic mass is 9.69. The fraction of sp³-hybridized carbons (Fsp3) is 0.545. The summed E-state index contributed by atoms with van der Waals surface area (Å²) in [6.45, 7) is 8.13. The van der Waals surface area contributed by atoms with E-state index in [1.165, 1.54) is 20.8 Å². The van der Waals surface area contributed by atoms with E-state index in [1.54, 1.807) is 30.3 Å². The fourth-order valence-corrected chi connectivity index (χ4v) is 5.96. The van der Waals surface area contributed by atoms with Gasteiger partial charge in [0.25, 0.3) is 0 Å². The number of esters is 1. The lowest BCUT2D eigenvalue weighted by Crippen LogP contribution is -2.46. The predicted molar refractivity (Wildman–Crippen MR) is 163 cm³/mol. The van der Waals surface area contributed by atoms with Crippen LogP contribution in [0.3, 0.4) is 0 Å². The van der Waals surface area contributed by atoms with Gasteiger partial charge in [-0.2, -0.15) is 13.2 Å². The largest absolute Gasteiger partial charge is 0.487 e. The number of alkyl halides is 3. The van der Waals surface area contributed by atoms with Gasteiger partial charge in [0.15, 0.2) is 5.82 Å². The van der Waals surface area contributed by atoms with Crippen LogP contribution in [-0.2, 0) is 27.4 Å². The highest BCUT2D eigenvalue weighted by atomic mass is 19.4. The zero-order valence-corrected chi connectivity index (χ0v) is 26.6. The predicted octanol–water partition coefficient (Wildman–Crippen LogP) is 6.32. The topological polar surface area (TPSA) is 108 Å². The Balaban J connectivity index is 1.71. The summed E-state index contributed by atoms with van der Waals surface area (Å²) in [7, 11) is 0. The number of anilines is 2. The van der Waals surface area contributed by atoms with Crippen molar-refractivity contribution in [2.75, 3.05) is 29.4 Å². The maximum absolute atomic E-state index is 16.6. The summed E-state index contributed by atoms with van der Waals surface area (Å²) in [5.74, 6) is -3.87. The van der Waals surface area contributed by atoms with Crippen molar-refractivity contribution in [3.8, 4) is 5.75 Å². The molecule has 2 amide bonds. The molecule has 9 nitrogen and oxygen atoms in total. The smallest absolute Gasteiger partial charge is 0.471 e. The maximum Gasteiger partial charge on any atom is 0.471 e. The van der Waals surface area contributed by atoms with Crippen LogP contribution in [0.15, 0.2) is 36.4 Å². The molecule has 1 fully saturated rings. The van der Waals surface area contributed by atoms with E-state index in [0.717, 1.165) is 23.8 Å². The summed E-state index contributed by atoms with van der Waals surface area (Å²) in [6, 6.07) is 8.80. The number of hydrogen-bond acceptors (Lipinski definition) is 6. The number of carbonyl (C=O) groups excluding carboxylic acids is 2. The Hall–Kier alpha value is -3.87. The molecule has 0 saturated heterocycles. The average Bonchev–Trinajstić information content (AvgIpc) is 3.29. The summed E-state index contributed by atoms with van der Waals surface area (Å²) in [4.78, 5) is 38.8. The molecule has 2 aromatic rings. The quantitative estimate of drug-likeness (QED) is 0.216. The van der Waals surface area contributed by atoms with Crippen LogP contribution < -0.4 is 19.9 Å². The summed E-state index contributed by atoms with van der Waals surface area (Å²) < 4.78 is 69.2. The van der Waals surface area contributed by atoms with E-state index in [4.69, 9.17) is 9.47 Å². The Morgan fingerprint density at radius 3 is 2.30 bits per heavy atom. The highest BCUT2D eigenvalue weighted by molar-refractivity contribution is 6.03. The number of hydrogen-bond donors (Lipinski definition) is 2. The summed E-state index contributed by atoms with van der Waals surface area (Å²) in [5, 5.41) is 13.4. The Kier molecular flexibility index (Phi) is 10.5. The first kappa shape index (κ1) is 35.0. The summed E-state index contributed by atoms with van der Waals surface area (Å²) >= 11 is 0. The van der Waals surface area contributed by atoms with Gasteiger partial charge in [-0.1, -0.05) is 44.2 Å². The monoisotopic (exact) mass is 651 g/mol. The van der Waals surface area contributed by atoms with Crippen molar-refractivity contribution in [3.63, 3.8) is 0 Å². The van der Waals surface area contributed by atoms with Gasteiger partial charge >= 0.3 is 24.1 Å². The lowest BCUT2D eigenvalue weighted by molar-refractivity contribution is -0.171. The SMILES string of the molecule is CC(C)C1CC(CNC[C@H]2Cc3c(cc(OCc4ccccc4)c(N(CC(=O)OC(C)(C)C)C(=O)C(F)(F)F)c3F)N2C(=O)O)C1. The van der Waals surface area contributed by atoms with Crippen LogP contribution in [0.5, 0.6) is 5.75 Å². The standard InChI is InChI=1S/C33H41F4N3O6/c1-19(2)22-11-21(12-22)15-38-16-23-13-24-25(40(23)31(43)44)14-26(45-18-20-9-7-6-8-10-20)29(28(24)34)39(30(42)33(35,36)37)17-27(41)46-32(3,4)5/h6-10,14,19,21-23,38H,11-13,15-18H2,1-5H3,(H,43,44)/t21?,22?,23-/m1/s1. The Morgan fingerprint density at radius 2 is 1.74 bits per heavy atom. The number of carbonyl (C=O) groups is 3. The minimum absolute atomic E-state index is 0.0393. The van der Waals surface area contributed by atoms with Crippen molar-refractivity contribution in [2.45, 2.75) is 78.3 Å². The van der Waals surface area contributed by atoms with Crippen LogP contribution in [0.4, 0.5) is 33.7 Å². The van der Waals surface area contributed by atoms with Gasteiger partial charge in [0.05, 0.1) is 11.7 Å². The lowest BCUT2D eigenvalue weighted by Gasteiger charge is -2.38. The highest BCUT2D eigenvalue weighted by Crippen LogP contribution is 2.45. The molecule has 2 aromatic carbocycles. The number of nitrogens with one attached hydrogen (secondary N) is 1. The number of rotatable bonds is 11. The molecule has 0 unspecified atom stereocenters. The Labute approximate surface area is 265 Å². The number of ether oxygens (including phenoxy) is 2. The molecule has 0 aromatic heterocycles. The summed E-state index contributed by atoms with van der Waals surface area (Å²) in [6.07, 6.45) is -4.93. The van der Waals surface area contributed by atoms with E-state index >= 15 is 4.39 Å². The molecule has 252 valence electrons. The van der Waals surface area contributed by atoms with Crippen LogP contribution in [0.1, 0.15) is 58.6 Å². The molecular weight excluding hydrogens is 610 g/mol. The maximum atomic E-state index is 16.6. The number of benzene rings is 2. The van der Waals surface area contributed by atoms with E-state index in [-0.39, 0.29) is 35.7 Å².